The largest absolute Gasteiger partial charge is 0.377 e. The lowest BCUT2D eigenvalue weighted by atomic mass is 9.96. The molecule has 0 aromatic heterocycles. The van der Waals surface area contributed by atoms with Crippen LogP contribution in [0.5, 0.6) is 0 Å². The van der Waals surface area contributed by atoms with E-state index in [1.807, 2.05) is 0 Å². The maximum atomic E-state index is 5.43. The lowest BCUT2D eigenvalue weighted by Gasteiger charge is -2.42. The van der Waals surface area contributed by atoms with Crippen LogP contribution in [0.3, 0.4) is 0 Å². The van der Waals surface area contributed by atoms with E-state index in [9.17, 15) is 0 Å². The number of nitrogens with one attached hydrogen (secondary N) is 2. The lowest BCUT2D eigenvalue weighted by Crippen LogP contribution is -2.65. The average molecular weight is 290 g/mol. The molecule has 0 amide bonds. The second-order valence-electron chi connectivity index (χ2n) is 6.17. The summed E-state index contributed by atoms with van der Waals surface area (Å²) in [6.07, 6.45) is 6.37. The number of unbranched alkanes of at least 4 members (excludes halogenated alkanes) is 3. The Morgan fingerprint density at radius 2 is 1.86 bits per heavy atom. The quantitative estimate of drug-likeness (QED) is 0.615. The summed E-state index contributed by atoms with van der Waals surface area (Å²) < 4.78 is 5.43. The summed E-state index contributed by atoms with van der Waals surface area (Å²) in [5, 5.41) is 7.29. The maximum absolute atomic E-state index is 5.43. The van der Waals surface area contributed by atoms with E-state index in [4.69, 9.17) is 4.74 Å². The van der Waals surface area contributed by atoms with Crippen molar-refractivity contribution in [3.05, 3.63) is 35.9 Å². The van der Waals surface area contributed by atoms with Crippen LogP contribution in [0.4, 0.5) is 0 Å². The number of hydrogen-bond acceptors (Lipinski definition) is 3. The SMILES string of the molecule is CCCCCCNCC1(NCCc2ccccc2)COC1. The van der Waals surface area contributed by atoms with Crippen molar-refractivity contribution in [2.45, 2.75) is 44.6 Å². The normalized spacial score (nSPS) is 16.6. The predicted molar refractivity (Wildman–Crippen MR) is 88.7 cm³/mol. The fraction of sp³-hybridized carbons (Fsp3) is 0.667. The van der Waals surface area contributed by atoms with Gasteiger partial charge in [0.1, 0.15) is 0 Å². The maximum Gasteiger partial charge on any atom is 0.0779 e. The summed E-state index contributed by atoms with van der Waals surface area (Å²) in [5.74, 6) is 0. The molecule has 1 saturated heterocycles. The van der Waals surface area contributed by atoms with Gasteiger partial charge < -0.3 is 15.4 Å². The standard InChI is InChI=1S/C18H30N2O/c1-2-3-4-8-12-19-14-18(15-21-16-18)20-13-11-17-9-6-5-7-10-17/h5-7,9-10,19-20H,2-4,8,11-16H2,1H3. The third kappa shape index (κ3) is 5.77. The van der Waals surface area contributed by atoms with Crippen molar-refractivity contribution < 1.29 is 4.74 Å². The van der Waals surface area contributed by atoms with Gasteiger partial charge in [-0.15, -0.1) is 0 Å². The Balaban J connectivity index is 1.60. The minimum atomic E-state index is 0.166. The van der Waals surface area contributed by atoms with E-state index in [0.717, 1.165) is 39.3 Å². The molecule has 2 N–H and O–H groups in total. The first-order valence-electron chi connectivity index (χ1n) is 8.42. The van der Waals surface area contributed by atoms with Gasteiger partial charge in [-0.3, -0.25) is 0 Å². The fourth-order valence-corrected chi connectivity index (χ4v) is 2.74. The van der Waals surface area contributed by atoms with Crippen molar-refractivity contribution in [3.8, 4) is 0 Å². The Labute approximate surface area is 129 Å². The highest BCUT2D eigenvalue weighted by atomic mass is 16.5. The van der Waals surface area contributed by atoms with Crippen LogP contribution in [0.25, 0.3) is 0 Å². The first kappa shape index (κ1) is 16.5. The molecule has 0 unspecified atom stereocenters. The molecule has 1 fully saturated rings. The topological polar surface area (TPSA) is 33.3 Å². The number of ether oxygens (including phenoxy) is 1. The smallest absolute Gasteiger partial charge is 0.0779 e. The Hall–Kier alpha value is -0.900. The third-order valence-corrected chi connectivity index (χ3v) is 4.18. The van der Waals surface area contributed by atoms with Crippen LogP contribution in [0.15, 0.2) is 30.3 Å². The molecular formula is C18H30N2O. The van der Waals surface area contributed by atoms with E-state index in [0.29, 0.717) is 0 Å². The second kappa shape index (κ2) is 9.19. The van der Waals surface area contributed by atoms with Gasteiger partial charge in [-0.1, -0.05) is 56.5 Å². The molecule has 1 aromatic rings. The number of hydrogen-bond donors (Lipinski definition) is 2. The van der Waals surface area contributed by atoms with E-state index >= 15 is 0 Å². The molecule has 0 radical (unpaired) electrons. The highest BCUT2D eigenvalue weighted by Gasteiger charge is 2.37. The van der Waals surface area contributed by atoms with Crippen LogP contribution < -0.4 is 10.6 Å². The zero-order valence-electron chi connectivity index (χ0n) is 13.4. The molecule has 2 rings (SSSR count). The van der Waals surface area contributed by atoms with Gasteiger partial charge in [-0.05, 0) is 31.5 Å². The third-order valence-electron chi connectivity index (χ3n) is 4.18. The van der Waals surface area contributed by atoms with Gasteiger partial charge in [0.15, 0.2) is 0 Å². The van der Waals surface area contributed by atoms with Gasteiger partial charge in [-0.2, -0.15) is 0 Å². The van der Waals surface area contributed by atoms with Gasteiger partial charge in [0.2, 0.25) is 0 Å². The number of benzene rings is 1. The Kier molecular flexibility index (Phi) is 7.20. The van der Waals surface area contributed by atoms with Gasteiger partial charge in [-0.25, -0.2) is 0 Å². The summed E-state index contributed by atoms with van der Waals surface area (Å²) in [5.41, 5.74) is 1.56. The van der Waals surface area contributed by atoms with Crippen molar-refractivity contribution in [1.29, 1.82) is 0 Å². The zero-order chi connectivity index (χ0) is 14.8. The van der Waals surface area contributed by atoms with Gasteiger partial charge in [0, 0.05) is 6.54 Å². The van der Waals surface area contributed by atoms with E-state index in [1.165, 1.54) is 31.2 Å². The predicted octanol–water partition coefficient (Wildman–Crippen LogP) is 2.76. The molecule has 1 aromatic carbocycles. The molecule has 0 bridgehead atoms. The van der Waals surface area contributed by atoms with E-state index in [2.05, 4.69) is 47.9 Å². The summed E-state index contributed by atoms with van der Waals surface area (Å²) in [6.45, 7) is 7.10. The van der Waals surface area contributed by atoms with Crippen molar-refractivity contribution in [2.24, 2.45) is 0 Å². The van der Waals surface area contributed by atoms with Crippen LogP contribution in [-0.4, -0.2) is 38.4 Å². The molecule has 1 aliphatic rings. The summed E-state index contributed by atoms with van der Waals surface area (Å²) in [7, 11) is 0. The molecule has 0 saturated carbocycles. The zero-order valence-corrected chi connectivity index (χ0v) is 13.4. The van der Waals surface area contributed by atoms with Crippen molar-refractivity contribution in [3.63, 3.8) is 0 Å². The minimum absolute atomic E-state index is 0.166. The Morgan fingerprint density at radius 1 is 1.05 bits per heavy atom. The van der Waals surface area contributed by atoms with Gasteiger partial charge >= 0.3 is 0 Å². The van der Waals surface area contributed by atoms with Crippen LogP contribution in [-0.2, 0) is 11.2 Å². The molecule has 3 nitrogen and oxygen atoms in total. The van der Waals surface area contributed by atoms with Crippen LogP contribution in [0.1, 0.15) is 38.2 Å². The molecule has 0 atom stereocenters. The molecule has 118 valence electrons. The molecule has 0 aliphatic carbocycles. The fourth-order valence-electron chi connectivity index (χ4n) is 2.74. The van der Waals surface area contributed by atoms with Crippen molar-refractivity contribution in [1.82, 2.24) is 10.6 Å². The molecule has 3 heteroatoms. The van der Waals surface area contributed by atoms with E-state index in [-0.39, 0.29) is 5.54 Å². The minimum Gasteiger partial charge on any atom is -0.377 e. The first-order chi connectivity index (χ1) is 10.3. The van der Waals surface area contributed by atoms with Crippen LogP contribution in [0.2, 0.25) is 0 Å². The molecular weight excluding hydrogens is 260 g/mol. The van der Waals surface area contributed by atoms with Crippen molar-refractivity contribution >= 4 is 0 Å². The highest BCUT2D eigenvalue weighted by molar-refractivity contribution is 5.15. The summed E-state index contributed by atoms with van der Waals surface area (Å²) >= 11 is 0. The lowest BCUT2D eigenvalue weighted by molar-refractivity contribution is -0.0724. The summed E-state index contributed by atoms with van der Waals surface area (Å²) in [4.78, 5) is 0. The second-order valence-corrected chi connectivity index (χ2v) is 6.17. The van der Waals surface area contributed by atoms with E-state index in [1.54, 1.807) is 0 Å². The highest BCUT2D eigenvalue weighted by Crippen LogP contribution is 2.16. The van der Waals surface area contributed by atoms with Gasteiger partial charge in [0.05, 0.1) is 18.8 Å². The molecule has 1 heterocycles. The Morgan fingerprint density at radius 3 is 2.52 bits per heavy atom. The average Bonchev–Trinajstić information content (AvgIpc) is 2.48. The summed E-state index contributed by atoms with van der Waals surface area (Å²) in [6, 6.07) is 10.7. The van der Waals surface area contributed by atoms with Crippen LogP contribution in [0, 0.1) is 0 Å². The monoisotopic (exact) mass is 290 g/mol. The molecule has 0 spiro atoms. The van der Waals surface area contributed by atoms with Crippen molar-refractivity contribution in [2.75, 3.05) is 32.8 Å². The molecule has 21 heavy (non-hydrogen) atoms. The number of rotatable bonds is 11. The Bertz CT molecular complexity index is 376. The molecule has 1 aliphatic heterocycles. The van der Waals surface area contributed by atoms with Crippen LogP contribution >= 0.6 is 0 Å². The van der Waals surface area contributed by atoms with Gasteiger partial charge in [0.25, 0.3) is 0 Å². The first-order valence-corrected chi connectivity index (χ1v) is 8.42. The van der Waals surface area contributed by atoms with E-state index < -0.39 is 0 Å².